The number of nitrogen functional groups attached to an aromatic ring is 2. The Bertz CT molecular complexity index is 1410. The molecule has 2 atom stereocenters. The lowest BCUT2D eigenvalue weighted by Crippen LogP contribution is -2.41. The molecule has 1 aliphatic heterocycles. The summed E-state index contributed by atoms with van der Waals surface area (Å²) >= 11 is 5.97. The number of methoxy groups -OCH3 is 2. The molecule has 0 bridgehead atoms. The van der Waals surface area contributed by atoms with E-state index in [9.17, 15) is 4.79 Å². The van der Waals surface area contributed by atoms with Gasteiger partial charge in [0.1, 0.15) is 30.0 Å². The first-order valence-corrected chi connectivity index (χ1v) is 14.8. The molecule has 12 nitrogen and oxygen atoms in total. The molecular formula is C31H41ClN6O6. The maximum Gasteiger partial charge on any atom is 0.273 e. The number of carbonyl (C=O) groups excluding carboxylic acids is 1. The first kappa shape index (κ1) is 33.1. The lowest BCUT2D eigenvalue weighted by molar-refractivity contribution is -0.141. The maximum atomic E-state index is 12.9. The molecule has 1 aliphatic rings. The number of halogens is 1. The van der Waals surface area contributed by atoms with Crippen molar-refractivity contribution in [2.45, 2.75) is 57.6 Å². The zero-order valence-electron chi connectivity index (χ0n) is 25.5. The van der Waals surface area contributed by atoms with E-state index >= 15 is 0 Å². The van der Waals surface area contributed by atoms with Crippen LogP contribution in [-0.4, -0.2) is 67.8 Å². The molecule has 0 aliphatic carbocycles. The minimum absolute atomic E-state index is 0.0326. The third-order valence-electron chi connectivity index (χ3n) is 7.15. The zero-order valence-corrected chi connectivity index (χ0v) is 26.3. The van der Waals surface area contributed by atoms with E-state index in [1.165, 1.54) is 5.56 Å². The Morgan fingerprint density at radius 2 is 1.84 bits per heavy atom. The third-order valence-corrected chi connectivity index (χ3v) is 7.43. The van der Waals surface area contributed by atoms with E-state index in [2.05, 4.69) is 32.7 Å². The number of carbonyl (C=O) groups is 1. The van der Waals surface area contributed by atoms with E-state index in [0.29, 0.717) is 37.8 Å². The minimum Gasteiger partial charge on any atom is -0.497 e. The largest absolute Gasteiger partial charge is 0.497 e. The van der Waals surface area contributed by atoms with Crippen LogP contribution in [-0.2, 0) is 22.4 Å². The van der Waals surface area contributed by atoms with Crippen molar-refractivity contribution < 1.29 is 28.5 Å². The molecule has 0 radical (unpaired) electrons. The Morgan fingerprint density at radius 3 is 2.52 bits per heavy atom. The van der Waals surface area contributed by atoms with E-state index in [1.54, 1.807) is 14.2 Å². The van der Waals surface area contributed by atoms with Crippen LogP contribution in [0.15, 0.2) is 42.5 Å². The standard InChI is InChI=1S/C31H41ClN6O6/c1-31(2)43-18-24(44-31)17-42-22-11-8-19(9-12-22)6-5-7-21(35-15-20-10-13-23(40-3)14-25(20)41-4)16-36-30(39)26-28(33)38-29(34)27(32)37-26/h8-14,21,24,35H,5-7,15-18H2,1-4H3,(H,36,39)(H4,33,34,38)/t21?,24-/m1/s1. The van der Waals surface area contributed by atoms with Crippen molar-refractivity contribution in [1.82, 2.24) is 20.6 Å². The summed E-state index contributed by atoms with van der Waals surface area (Å²) in [7, 11) is 3.23. The number of aryl methyl sites for hydroxylation is 1. The van der Waals surface area contributed by atoms with Crippen molar-refractivity contribution >= 4 is 29.1 Å². The van der Waals surface area contributed by atoms with Crippen LogP contribution in [0.3, 0.4) is 0 Å². The van der Waals surface area contributed by atoms with Gasteiger partial charge in [-0.2, -0.15) is 0 Å². The van der Waals surface area contributed by atoms with Crippen LogP contribution in [0.4, 0.5) is 11.6 Å². The second-order valence-corrected chi connectivity index (χ2v) is 11.3. The molecule has 1 aromatic heterocycles. The van der Waals surface area contributed by atoms with Crippen LogP contribution in [0.2, 0.25) is 5.15 Å². The summed E-state index contributed by atoms with van der Waals surface area (Å²) in [6.07, 6.45) is 2.40. The molecule has 4 rings (SSSR count). The number of hydrogen-bond donors (Lipinski definition) is 4. The van der Waals surface area contributed by atoms with Gasteiger partial charge >= 0.3 is 0 Å². The van der Waals surface area contributed by atoms with Crippen LogP contribution < -0.4 is 36.3 Å². The van der Waals surface area contributed by atoms with Gasteiger partial charge in [-0.15, -0.1) is 0 Å². The fraction of sp³-hybridized carbons (Fsp3) is 0.452. The van der Waals surface area contributed by atoms with Gasteiger partial charge in [0, 0.05) is 30.8 Å². The maximum absolute atomic E-state index is 12.9. The number of hydrogen-bond acceptors (Lipinski definition) is 11. The Kier molecular flexibility index (Phi) is 11.5. The fourth-order valence-corrected chi connectivity index (χ4v) is 4.90. The zero-order chi connectivity index (χ0) is 31.7. The van der Waals surface area contributed by atoms with Gasteiger partial charge in [0.2, 0.25) is 0 Å². The Hall–Kier alpha value is -3.84. The van der Waals surface area contributed by atoms with Crippen molar-refractivity contribution in [2.75, 3.05) is 45.4 Å². The van der Waals surface area contributed by atoms with Crippen molar-refractivity contribution in [3.63, 3.8) is 0 Å². The number of nitrogens with two attached hydrogens (primary N) is 2. The highest BCUT2D eigenvalue weighted by atomic mass is 35.5. The lowest BCUT2D eigenvalue weighted by atomic mass is 10.0. The van der Waals surface area contributed by atoms with Crippen LogP contribution in [0, 0.1) is 0 Å². The molecular weight excluding hydrogens is 588 g/mol. The van der Waals surface area contributed by atoms with Crippen LogP contribution in [0.25, 0.3) is 0 Å². The molecule has 6 N–H and O–H groups in total. The summed E-state index contributed by atoms with van der Waals surface area (Å²) < 4.78 is 28.1. The molecule has 2 heterocycles. The number of nitrogens with one attached hydrogen (secondary N) is 2. The van der Waals surface area contributed by atoms with Gasteiger partial charge in [-0.05, 0) is 56.9 Å². The Morgan fingerprint density at radius 1 is 1.09 bits per heavy atom. The molecule has 0 spiro atoms. The smallest absolute Gasteiger partial charge is 0.273 e. The predicted molar refractivity (Wildman–Crippen MR) is 168 cm³/mol. The Labute approximate surface area is 262 Å². The predicted octanol–water partition coefficient (Wildman–Crippen LogP) is 3.75. The fourth-order valence-electron chi connectivity index (χ4n) is 4.78. The quantitative estimate of drug-likeness (QED) is 0.194. The van der Waals surface area contributed by atoms with Crippen molar-refractivity contribution in [3.05, 3.63) is 64.4 Å². The van der Waals surface area contributed by atoms with Gasteiger partial charge in [-0.3, -0.25) is 4.79 Å². The molecule has 2 aromatic carbocycles. The molecule has 1 unspecified atom stereocenters. The minimum atomic E-state index is -0.570. The first-order valence-electron chi connectivity index (χ1n) is 14.4. The lowest BCUT2D eigenvalue weighted by Gasteiger charge is -2.21. The van der Waals surface area contributed by atoms with Crippen LogP contribution in [0.1, 0.15) is 48.3 Å². The van der Waals surface area contributed by atoms with Crippen molar-refractivity contribution in [2.24, 2.45) is 0 Å². The SMILES string of the molecule is COc1ccc(CNC(CCCc2ccc(OC[C@@H]3COC(C)(C)O3)cc2)CNC(=O)c2nc(Cl)c(N)nc2N)c(OC)c1. The second-order valence-electron chi connectivity index (χ2n) is 10.9. The molecule has 44 heavy (non-hydrogen) atoms. The number of benzene rings is 2. The number of aromatic nitrogens is 2. The number of ether oxygens (including phenoxy) is 5. The topological polar surface area (TPSA) is 165 Å². The molecule has 3 aromatic rings. The monoisotopic (exact) mass is 628 g/mol. The summed E-state index contributed by atoms with van der Waals surface area (Å²) in [6, 6.07) is 13.6. The first-order chi connectivity index (χ1) is 21.1. The van der Waals surface area contributed by atoms with Gasteiger partial charge in [0.15, 0.2) is 28.3 Å². The highest BCUT2D eigenvalue weighted by Crippen LogP contribution is 2.25. The average molecular weight is 629 g/mol. The molecule has 238 valence electrons. The molecule has 1 fully saturated rings. The average Bonchev–Trinajstić information content (AvgIpc) is 3.37. The highest BCUT2D eigenvalue weighted by Gasteiger charge is 2.33. The number of nitrogens with zero attached hydrogens (tertiary/aromatic N) is 2. The van der Waals surface area contributed by atoms with E-state index < -0.39 is 11.7 Å². The third kappa shape index (κ3) is 9.33. The molecule has 0 saturated carbocycles. The Balaban J connectivity index is 1.34. The molecule has 1 saturated heterocycles. The van der Waals surface area contributed by atoms with Crippen LogP contribution >= 0.6 is 11.6 Å². The van der Waals surface area contributed by atoms with Crippen LogP contribution in [0.5, 0.6) is 17.2 Å². The highest BCUT2D eigenvalue weighted by molar-refractivity contribution is 6.31. The second kappa shape index (κ2) is 15.2. The summed E-state index contributed by atoms with van der Waals surface area (Å²) in [5.41, 5.74) is 13.6. The number of rotatable bonds is 15. The van der Waals surface area contributed by atoms with Crippen molar-refractivity contribution in [1.29, 1.82) is 0 Å². The van der Waals surface area contributed by atoms with E-state index in [1.807, 2.05) is 44.2 Å². The van der Waals surface area contributed by atoms with Gasteiger partial charge in [-0.1, -0.05) is 29.8 Å². The summed E-state index contributed by atoms with van der Waals surface area (Å²) in [5, 5.41) is 6.36. The van der Waals surface area contributed by atoms with Crippen molar-refractivity contribution in [3.8, 4) is 17.2 Å². The van der Waals surface area contributed by atoms with E-state index in [0.717, 1.165) is 30.6 Å². The number of anilines is 2. The molecule has 1 amide bonds. The summed E-state index contributed by atoms with van der Waals surface area (Å²) in [6.45, 7) is 5.57. The van der Waals surface area contributed by atoms with Gasteiger partial charge in [0.05, 0.1) is 20.8 Å². The summed E-state index contributed by atoms with van der Waals surface area (Å²) in [5.74, 6) is 1.02. The van der Waals surface area contributed by atoms with Gasteiger partial charge in [0.25, 0.3) is 5.91 Å². The van der Waals surface area contributed by atoms with Gasteiger partial charge < -0.3 is 45.8 Å². The summed E-state index contributed by atoms with van der Waals surface area (Å²) in [4.78, 5) is 20.8. The normalized spacial score (nSPS) is 16.3. The number of amides is 1. The van der Waals surface area contributed by atoms with E-state index in [-0.39, 0.29) is 34.6 Å². The van der Waals surface area contributed by atoms with Gasteiger partial charge in [-0.25, -0.2) is 9.97 Å². The molecule has 13 heteroatoms. The van der Waals surface area contributed by atoms with E-state index in [4.69, 9.17) is 46.8 Å².